The fourth-order valence-corrected chi connectivity index (χ4v) is 2.51. The van der Waals surface area contributed by atoms with Gasteiger partial charge in [-0.25, -0.2) is 4.98 Å². The number of carbonyl (C=O) groups excluding carboxylic acids is 1. The van der Waals surface area contributed by atoms with Crippen molar-refractivity contribution < 1.29 is 9.90 Å². The van der Waals surface area contributed by atoms with E-state index in [1.54, 1.807) is 17.0 Å². The summed E-state index contributed by atoms with van der Waals surface area (Å²) >= 11 is 0. The molecular weight excluding hydrogens is 268 g/mol. The van der Waals surface area contributed by atoms with Gasteiger partial charge >= 0.3 is 0 Å². The summed E-state index contributed by atoms with van der Waals surface area (Å²) in [6.07, 6.45) is 0.393. The lowest BCUT2D eigenvalue weighted by atomic mass is 10.2. The van der Waals surface area contributed by atoms with Crippen LogP contribution in [0.5, 0.6) is 0 Å². The smallest absolute Gasteiger partial charge is 0.224 e. The van der Waals surface area contributed by atoms with Crippen molar-refractivity contribution >= 4 is 22.6 Å². The summed E-state index contributed by atoms with van der Waals surface area (Å²) in [5.41, 5.74) is 8.02. The maximum atomic E-state index is 12.1. The number of rotatable bonds is 6. The maximum Gasteiger partial charge on any atom is 0.224 e. The predicted molar refractivity (Wildman–Crippen MR) is 82.6 cm³/mol. The maximum absolute atomic E-state index is 12.1. The van der Waals surface area contributed by atoms with Crippen LogP contribution in [-0.2, 0) is 17.9 Å². The number of aliphatic hydroxyl groups excluding tert-OH is 1. The Morgan fingerprint density at radius 3 is 2.71 bits per heavy atom. The van der Waals surface area contributed by atoms with E-state index >= 15 is 0 Å². The number of amides is 1. The Kier molecular flexibility index (Phi) is 4.80. The second kappa shape index (κ2) is 6.58. The average molecular weight is 290 g/mol. The first-order valence-electron chi connectivity index (χ1n) is 7.24. The summed E-state index contributed by atoms with van der Waals surface area (Å²) in [6.45, 7) is 5.71. The van der Waals surface area contributed by atoms with E-state index in [-0.39, 0.29) is 12.5 Å². The van der Waals surface area contributed by atoms with Crippen LogP contribution < -0.4 is 5.73 Å². The number of hydrogen-bond donors (Lipinski definition) is 2. The zero-order chi connectivity index (χ0) is 15.4. The van der Waals surface area contributed by atoms with Gasteiger partial charge in [-0.3, -0.25) is 4.79 Å². The molecule has 0 aliphatic heterocycles. The number of nitrogens with two attached hydrogens (primary N) is 1. The van der Waals surface area contributed by atoms with Crippen molar-refractivity contribution in [2.75, 3.05) is 18.8 Å². The molecule has 21 heavy (non-hydrogen) atoms. The first-order valence-corrected chi connectivity index (χ1v) is 7.24. The molecule has 1 heterocycles. The van der Waals surface area contributed by atoms with Crippen LogP contribution in [0.3, 0.4) is 0 Å². The number of carbonyl (C=O) groups is 1. The third-order valence-corrected chi connectivity index (χ3v) is 3.66. The van der Waals surface area contributed by atoms with Crippen molar-refractivity contribution in [2.45, 2.75) is 33.4 Å². The Morgan fingerprint density at radius 2 is 2.10 bits per heavy atom. The first kappa shape index (κ1) is 15.3. The Balaban J connectivity index is 2.23. The van der Waals surface area contributed by atoms with E-state index < -0.39 is 0 Å². The Bertz CT molecular complexity index is 632. The fraction of sp³-hybridized carbons (Fsp3) is 0.467. The number of aromatic nitrogens is 2. The lowest BCUT2D eigenvalue weighted by Gasteiger charge is -2.19. The minimum atomic E-state index is -0.159. The van der Waals surface area contributed by atoms with E-state index in [0.717, 1.165) is 11.0 Å². The Morgan fingerprint density at radius 1 is 1.38 bits per heavy atom. The highest BCUT2D eigenvalue weighted by Gasteiger charge is 2.14. The van der Waals surface area contributed by atoms with Crippen LogP contribution in [0.15, 0.2) is 18.2 Å². The molecule has 0 radical (unpaired) electrons. The van der Waals surface area contributed by atoms with Gasteiger partial charge in [-0.2, -0.15) is 0 Å². The Labute approximate surface area is 124 Å². The number of hydrogen-bond acceptors (Lipinski definition) is 4. The first-order chi connectivity index (χ1) is 10.1. The number of nitrogens with zero attached hydrogens (tertiary/aromatic N) is 3. The summed E-state index contributed by atoms with van der Waals surface area (Å²) < 4.78 is 1.89. The number of aliphatic hydroxyl groups is 1. The zero-order valence-corrected chi connectivity index (χ0v) is 12.5. The second-order valence-electron chi connectivity index (χ2n) is 4.90. The molecule has 0 bridgehead atoms. The fourth-order valence-electron chi connectivity index (χ4n) is 2.51. The third kappa shape index (κ3) is 3.16. The highest BCUT2D eigenvalue weighted by atomic mass is 16.3. The molecule has 6 nitrogen and oxygen atoms in total. The molecule has 1 aromatic heterocycles. The van der Waals surface area contributed by atoms with Crippen LogP contribution in [-0.4, -0.2) is 38.6 Å². The van der Waals surface area contributed by atoms with Gasteiger partial charge in [0.2, 0.25) is 5.91 Å². The van der Waals surface area contributed by atoms with Crippen molar-refractivity contribution in [1.82, 2.24) is 14.5 Å². The van der Waals surface area contributed by atoms with Gasteiger partial charge in [0.15, 0.2) is 0 Å². The summed E-state index contributed by atoms with van der Waals surface area (Å²) in [5, 5.41) is 9.45. The summed E-state index contributed by atoms with van der Waals surface area (Å²) in [6, 6.07) is 5.45. The van der Waals surface area contributed by atoms with Gasteiger partial charge in [0.25, 0.3) is 0 Å². The second-order valence-corrected chi connectivity index (χ2v) is 4.90. The van der Waals surface area contributed by atoms with E-state index in [2.05, 4.69) is 4.98 Å². The average Bonchev–Trinajstić information content (AvgIpc) is 2.83. The van der Waals surface area contributed by atoms with Crippen LogP contribution in [0, 0.1) is 0 Å². The summed E-state index contributed by atoms with van der Waals surface area (Å²) in [7, 11) is 0. The Hall–Kier alpha value is -2.08. The summed E-state index contributed by atoms with van der Waals surface area (Å²) in [4.78, 5) is 18.3. The normalized spacial score (nSPS) is 11.0. The lowest BCUT2D eigenvalue weighted by molar-refractivity contribution is -0.131. The van der Waals surface area contributed by atoms with Crippen molar-refractivity contribution in [2.24, 2.45) is 0 Å². The standard InChI is InChI=1S/C15H22N4O2/c1-3-18(4-2)15(21)7-8-19-13-6-5-11(16)9-12(13)17-14(19)10-20/h5-6,9,20H,3-4,7-8,10,16H2,1-2H3. The van der Waals surface area contributed by atoms with Crippen LogP contribution in [0.4, 0.5) is 5.69 Å². The molecule has 2 rings (SSSR count). The number of nitrogen functional groups attached to an aromatic ring is 1. The van der Waals surface area contributed by atoms with E-state index in [9.17, 15) is 9.90 Å². The SMILES string of the molecule is CCN(CC)C(=O)CCn1c(CO)nc2cc(N)ccc21. The molecule has 0 unspecified atom stereocenters. The molecule has 3 N–H and O–H groups in total. The third-order valence-electron chi connectivity index (χ3n) is 3.66. The number of aryl methyl sites for hydroxylation is 1. The highest BCUT2D eigenvalue weighted by molar-refractivity contribution is 5.80. The van der Waals surface area contributed by atoms with E-state index in [1.807, 2.05) is 24.5 Å². The molecule has 0 saturated heterocycles. The van der Waals surface area contributed by atoms with Gasteiger partial charge in [0.05, 0.1) is 11.0 Å². The number of anilines is 1. The van der Waals surface area contributed by atoms with Gasteiger partial charge in [-0.1, -0.05) is 0 Å². The minimum Gasteiger partial charge on any atom is -0.399 e. The molecule has 6 heteroatoms. The summed E-state index contributed by atoms with van der Waals surface area (Å²) in [5.74, 6) is 0.670. The predicted octanol–water partition coefficient (Wildman–Crippen LogP) is 1.37. The van der Waals surface area contributed by atoms with Crippen LogP contribution in [0.25, 0.3) is 11.0 Å². The molecule has 0 aliphatic carbocycles. The molecule has 0 spiro atoms. The van der Waals surface area contributed by atoms with Crippen molar-refractivity contribution in [3.8, 4) is 0 Å². The molecule has 1 aromatic carbocycles. The quantitative estimate of drug-likeness (QED) is 0.787. The van der Waals surface area contributed by atoms with Crippen molar-refractivity contribution in [1.29, 1.82) is 0 Å². The van der Waals surface area contributed by atoms with Gasteiger partial charge in [-0.05, 0) is 32.0 Å². The van der Waals surface area contributed by atoms with E-state index in [1.165, 1.54) is 0 Å². The van der Waals surface area contributed by atoms with E-state index in [4.69, 9.17) is 5.73 Å². The van der Waals surface area contributed by atoms with Gasteiger partial charge in [-0.15, -0.1) is 0 Å². The molecule has 1 amide bonds. The zero-order valence-electron chi connectivity index (χ0n) is 12.5. The van der Waals surface area contributed by atoms with Crippen LogP contribution >= 0.6 is 0 Å². The van der Waals surface area contributed by atoms with Gasteiger partial charge < -0.3 is 20.3 Å². The molecule has 0 saturated carbocycles. The van der Waals surface area contributed by atoms with Gasteiger partial charge in [0.1, 0.15) is 12.4 Å². The minimum absolute atomic E-state index is 0.112. The molecule has 0 aliphatic rings. The molecule has 2 aromatic rings. The van der Waals surface area contributed by atoms with Crippen LogP contribution in [0.1, 0.15) is 26.1 Å². The monoisotopic (exact) mass is 290 g/mol. The highest BCUT2D eigenvalue weighted by Crippen LogP contribution is 2.19. The van der Waals surface area contributed by atoms with Crippen molar-refractivity contribution in [3.05, 3.63) is 24.0 Å². The van der Waals surface area contributed by atoms with Gasteiger partial charge in [0, 0.05) is 31.7 Å². The molecule has 0 atom stereocenters. The largest absolute Gasteiger partial charge is 0.399 e. The molecule has 0 fully saturated rings. The molecular formula is C15H22N4O2. The topological polar surface area (TPSA) is 84.4 Å². The van der Waals surface area contributed by atoms with Crippen molar-refractivity contribution in [3.63, 3.8) is 0 Å². The van der Waals surface area contributed by atoms with E-state index in [0.29, 0.717) is 37.6 Å². The lowest BCUT2D eigenvalue weighted by Crippen LogP contribution is -2.31. The number of imidazole rings is 1. The number of fused-ring (bicyclic) bond motifs is 1. The molecule has 114 valence electrons. The number of benzene rings is 1. The van der Waals surface area contributed by atoms with Crippen LogP contribution in [0.2, 0.25) is 0 Å².